The van der Waals surface area contributed by atoms with Gasteiger partial charge in [0, 0.05) is 18.2 Å². The number of hydrogen-bond donors (Lipinski definition) is 1. The predicted octanol–water partition coefficient (Wildman–Crippen LogP) is 1.70. The van der Waals surface area contributed by atoms with Gasteiger partial charge in [0.1, 0.15) is 5.75 Å². The highest BCUT2D eigenvalue weighted by molar-refractivity contribution is 5.33. The zero-order chi connectivity index (χ0) is 14.7. The summed E-state index contributed by atoms with van der Waals surface area (Å²) in [5, 5.41) is 3.98. The molecule has 0 amide bonds. The number of methoxy groups -OCH3 is 1. The Labute approximate surface area is 123 Å². The SMILES string of the molecule is COc1ccccc1CN(Cc1noc(CN)n1)C1CC1. The minimum absolute atomic E-state index is 0.281. The lowest BCUT2D eigenvalue weighted by molar-refractivity contribution is 0.231. The maximum Gasteiger partial charge on any atom is 0.240 e. The molecule has 1 fully saturated rings. The van der Waals surface area contributed by atoms with Crippen molar-refractivity contribution >= 4 is 0 Å². The Bertz CT molecular complexity index is 595. The number of hydrogen-bond acceptors (Lipinski definition) is 6. The molecule has 0 aliphatic heterocycles. The second-order valence-corrected chi connectivity index (χ2v) is 5.26. The van der Waals surface area contributed by atoms with Gasteiger partial charge in [0.15, 0.2) is 5.82 Å². The number of benzene rings is 1. The van der Waals surface area contributed by atoms with E-state index in [2.05, 4.69) is 21.1 Å². The van der Waals surface area contributed by atoms with Gasteiger partial charge < -0.3 is 15.0 Å². The third-order valence-corrected chi connectivity index (χ3v) is 3.66. The van der Waals surface area contributed by atoms with Crippen molar-refractivity contribution in [3.63, 3.8) is 0 Å². The molecule has 0 saturated heterocycles. The van der Waals surface area contributed by atoms with Crippen LogP contribution in [0.15, 0.2) is 28.8 Å². The van der Waals surface area contributed by atoms with Crippen LogP contribution in [0.5, 0.6) is 5.75 Å². The maximum atomic E-state index is 5.50. The van der Waals surface area contributed by atoms with Crippen molar-refractivity contribution in [1.29, 1.82) is 0 Å². The zero-order valence-electron chi connectivity index (χ0n) is 12.2. The highest BCUT2D eigenvalue weighted by Gasteiger charge is 2.30. The number of aromatic nitrogens is 2. The molecule has 1 aromatic heterocycles. The highest BCUT2D eigenvalue weighted by atomic mass is 16.5. The molecule has 1 aliphatic carbocycles. The van der Waals surface area contributed by atoms with Gasteiger partial charge in [-0.05, 0) is 18.9 Å². The first-order valence-corrected chi connectivity index (χ1v) is 7.17. The molecule has 0 atom stereocenters. The van der Waals surface area contributed by atoms with E-state index in [1.807, 2.05) is 18.2 Å². The number of nitrogens with zero attached hydrogens (tertiary/aromatic N) is 3. The molecule has 0 unspecified atom stereocenters. The molecule has 21 heavy (non-hydrogen) atoms. The van der Waals surface area contributed by atoms with E-state index < -0.39 is 0 Å². The number of para-hydroxylation sites is 1. The van der Waals surface area contributed by atoms with Crippen LogP contribution in [0.1, 0.15) is 30.1 Å². The first-order chi connectivity index (χ1) is 10.3. The van der Waals surface area contributed by atoms with Crippen molar-refractivity contribution in [2.24, 2.45) is 5.73 Å². The average Bonchev–Trinajstić information content (AvgIpc) is 3.27. The van der Waals surface area contributed by atoms with Gasteiger partial charge in [-0.2, -0.15) is 4.98 Å². The van der Waals surface area contributed by atoms with Crippen LogP contribution < -0.4 is 10.5 Å². The van der Waals surface area contributed by atoms with Crippen LogP contribution in [0, 0.1) is 0 Å². The van der Waals surface area contributed by atoms with Crippen LogP contribution in [0.25, 0.3) is 0 Å². The van der Waals surface area contributed by atoms with Crippen LogP contribution >= 0.6 is 0 Å². The van der Waals surface area contributed by atoms with E-state index in [1.165, 1.54) is 18.4 Å². The van der Waals surface area contributed by atoms with E-state index in [-0.39, 0.29) is 6.54 Å². The summed E-state index contributed by atoms with van der Waals surface area (Å²) in [4.78, 5) is 6.65. The van der Waals surface area contributed by atoms with Crippen molar-refractivity contribution in [2.45, 2.75) is 38.5 Å². The van der Waals surface area contributed by atoms with Crippen molar-refractivity contribution in [3.8, 4) is 5.75 Å². The molecular weight excluding hydrogens is 268 g/mol. The third kappa shape index (κ3) is 3.40. The molecule has 0 bridgehead atoms. The summed E-state index contributed by atoms with van der Waals surface area (Å²) in [5.74, 6) is 2.09. The molecule has 6 nitrogen and oxygen atoms in total. The van der Waals surface area contributed by atoms with Gasteiger partial charge in [-0.25, -0.2) is 0 Å². The Morgan fingerprint density at radius 3 is 2.81 bits per heavy atom. The summed E-state index contributed by atoms with van der Waals surface area (Å²) in [7, 11) is 1.70. The molecule has 0 spiro atoms. The molecular formula is C15H20N4O2. The van der Waals surface area contributed by atoms with Gasteiger partial charge in [0.2, 0.25) is 5.89 Å². The van der Waals surface area contributed by atoms with Gasteiger partial charge in [-0.15, -0.1) is 0 Å². The van der Waals surface area contributed by atoms with Gasteiger partial charge in [-0.1, -0.05) is 23.4 Å². The minimum atomic E-state index is 0.281. The van der Waals surface area contributed by atoms with Gasteiger partial charge in [0.25, 0.3) is 0 Å². The minimum Gasteiger partial charge on any atom is -0.496 e. The van der Waals surface area contributed by atoms with Crippen LogP contribution in [-0.4, -0.2) is 28.2 Å². The topological polar surface area (TPSA) is 77.4 Å². The molecule has 0 radical (unpaired) electrons. The smallest absolute Gasteiger partial charge is 0.240 e. The van der Waals surface area contributed by atoms with Gasteiger partial charge in [0.05, 0.1) is 20.2 Å². The third-order valence-electron chi connectivity index (χ3n) is 3.66. The largest absolute Gasteiger partial charge is 0.496 e. The Hall–Kier alpha value is -1.92. The highest BCUT2D eigenvalue weighted by Crippen LogP contribution is 2.31. The van der Waals surface area contributed by atoms with E-state index in [0.29, 0.717) is 24.3 Å². The molecule has 1 aliphatic rings. The van der Waals surface area contributed by atoms with E-state index in [0.717, 1.165) is 12.3 Å². The normalized spacial score (nSPS) is 14.6. The fraction of sp³-hybridized carbons (Fsp3) is 0.467. The molecule has 1 heterocycles. The van der Waals surface area contributed by atoms with Crippen molar-refractivity contribution in [1.82, 2.24) is 15.0 Å². The number of ether oxygens (including phenoxy) is 1. The summed E-state index contributed by atoms with van der Waals surface area (Å²) in [6.07, 6.45) is 2.44. The predicted molar refractivity (Wildman–Crippen MR) is 77.5 cm³/mol. The molecule has 2 N–H and O–H groups in total. The Morgan fingerprint density at radius 1 is 1.33 bits per heavy atom. The molecule has 1 saturated carbocycles. The summed E-state index contributed by atoms with van der Waals surface area (Å²) in [6, 6.07) is 8.69. The summed E-state index contributed by atoms with van der Waals surface area (Å²) in [6.45, 7) is 1.77. The second kappa shape index (κ2) is 6.24. The second-order valence-electron chi connectivity index (χ2n) is 5.26. The zero-order valence-corrected chi connectivity index (χ0v) is 12.2. The van der Waals surface area contributed by atoms with Crippen LogP contribution in [0.2, 0.25) is 0 Å². The van der Waals surface area contributed by atoms with Crippen molar-refractivity contribution in [3.05, 3.63) is 41.5 Å². The lowest BCUT2D eigenvalue weighted by atomic mass is 10.2. The van der Waals surface area contributed by atoms with Gasteiger partial charge in [-0.3, -0.25) is 4.90 Å². The maximum absolute atomic E-state index is 5.50. The van der Waals surface area contributed by atoms with Crippen molar-refractivity contribution < 1.29 is 9.26 Å². The average molecular weight is 288 g/mol. The summed E-state index contributed by atoms with van der Waals surface area (Å²) >= 11 is 0. The molecule has 1 aromatic carbocycles. The summed E-state index contributed by atoms with van der Waals surface area (Å²) < 4.78 is 10.5. The Balaban J connectivity index is 1.72. The lowest BCUT2D eigenvalue weighted by Crippen LogP contribution is -2.26. The van der Waals surface area contributed by atoms with E-state index in [4.69, 9.17) is 15.0 Å². The molecule has 3 rings (SSSR count). The molecule has 6 heteroatoms. The van der Waals surface area contributed by atoms with Crippen LogP contribution in [-0.2, 0) is 19.6 Å². The van der Waals surface area contributed by atoms with Crippen LogP contribution in [0.4, 0.5) is 0 Å². The number of nitrogens with two attached hydrogens (primary N) is 1. The Kier molecular flexibility index (Phi) is 4.17. The van der Waals surface area contributed by atoms with E-state index >= 15 is 0 Å². The Morgan fingerprint density at radius 2 is 2.14 bits per heavy atom. The molecule has 112 valence electrons. The monoisotopic (exact) mass is 288 g/mol. The van der Waals surface area contributed by atoms with Gasteiger partial charge >= 0.3 is 0 Å². The lowest BCUT2D eigenvalue weighted by Gasteiger charge is -2.21. The van der Waals surface area contributed by atoms with E-state index in [1.54, 1.807) is 7.11 Å². The van der Waals surface area contributed by atoms with E-state index in [9.17, 15) is 0 Å². The van der Waals surface area contributed by atoms with Crippen molar-refractivity contribution in [2.75, 3.05) is 7.11 Å². The van der Waals surface area contributed by atoms with Crippen LogP contribution in [0.3, 0.4) is 0 Å². The fourth-order valence-corrected chi connectivity index (χ4v) is 2.43. The fourth-order valence-electron chi connectivity index (χ4n) is 2.43. The summed E-state index contributed by atoms with van der Waals surface area (Å²) in [5.41, 5.74) is 6.68. The first-order valence-electron chi connectivity index (χ1n) is 7.17. The number of rotatable bonds is 7. The standard InChI is InChI=1S/C15H20N4O2/c1-20-13-5-3-2-4-11(13)9-19(12-6-7-12)10-14-17-15(8-16)21-18-14/h2-5,12H,6-10,16H2,1H3. The quantitative estimate of drug-likeness (QED) is 0.835. The molecule has 2 aromatic rings. The first kappa shape index (κ1) is 14.0.